The molecule has 1 amide bonds. The van der Waals surface area contributed by atoms with Crippen LogP contribution in [0, 0.1) is 0 Å². The van der Waals surface area contributed by atoms with Crippen molar-refractivity contribution in [3.05, 3.63) is 78.5 Å². The first kappa shape index (κ1) is 16.1. The van der Waals surface area contributed by atoms with Gasteiger partial charge in [-0.1, -0.05) is 36.4 Å². The van der Waals surface area contributed by atoms with Crippen molar-refractivity contribution in [1.29, 1.82) is 0 Å². The number of rotatable bonds is 3. The third-order valence-corrected chi connectivity index (χ3v) is 4.53. The van der Waals surface area contributed by atoms with E-state index in [-0.39, 0.29) is 5.91 Å². The van der Waals surface area contributed by atoms with Crippen molar-refractivity contribution in [2.24, 2.45) is 0 Å². The Hall–Kier alpha value is -3.40. The van der Waals surface area contributed by atoms with Gasteiger partial charge in [0.2, 0.25) is 0 Å². The quantitative estimate of drug-likeness (QED) is 0.549. The van der Waals surface area contributed by atoms with Gasteiger partial charge in [-0.15, -0.1) is 0 Å². The number of nitrogens with zero attached hydrogens (tertiary/aromatic N) is 2. The molecule has 0 aliphatic carbocycles. The fraction of sp³-hybridized carbons (Fsp3) is 0.0909. The maximum atomic E-state index is 12.7. The molecule has 4 heteroatoms. The molecule has 0 unspecified atom stereocenters. The molecule has 4 aromatic rings. The second-order valence-corrected chi connectivity index (χ2v) is 6.44. The number of hydrogen-bond donors (Lipinski definition) is 1. The fourth-order valence-electron chi connectivity index (χ4n) is 3.10. The average Bonchev–Trinajstić information content (AvgIpc) is 2.68. The van der Waals surface area contributed by atoms with Crippen LogP contribution in [-0.4, -0.2) is 25.0 Å². The lowest BCUT2D eigenvalue weighted by Gasteiger charge is -2.13. The maximum Gasteiger partial charge on any atom is 0.255 e. The Morgan fingerprint density at radius 2 is 1.65 bits per heavy atom. The third-order valence-electron chi connectivity index (χ3n) is 4.53. The number of pyridine rings is 1. The molecule has 0 aliphatic heterocycles. The van der Waals surface area contributed by atoms with E-state index in [9.17, 15) is 4.79 Å². The Balaban J connectivity index is 1.70. The smallest absolute Gasteiger partial charge is 0.255 e. The topological polar surface area (TPSA) is 45.2 Å². The maximum absolute atomic E-state index is 12.7. The molecule has 0 radical (unpaired) electrons. The van der Waals surface area contributed by atoms with E-state index < -0.39 is 0 Å². The number of nitrogens with one attached hydrogen (secondary N) is 1. The van der Waals surface area contributed by atoms with Crippen LogP contribution in [0.25, 0.3) is 21.7 Å². The Kier molecular flexibility index (Phi) is 4.01. The van der Waals surface area contributed by atoms with E-state index >= 15 is 0 Å². The van der Waals surface area contributed by atoms with Gasteiger partial charge in [-0.3, -0.25) is 9.78 Å². The van der Waals surface area contributed by atoms with E-state index in [2.05, 4.69) is 28.5 Å². The van der Waals surface area contributed by atoms with E-state index in [0.717, 1.165) is 33.1 Å². The summed E-state index contributed by atoms with van der Waals surface area (Å²) < 4.78 is 0. The van der Waals surface area contributed by atoms with Crippen LogP contribution in [0.2, 0.25) is 0 Å². The molecule has 0 atom stereocenters. The minimum atomic E-state index is -0.129. The summed E-state index contributed by atoms with van der Waals surface area (Å²) in [5.41, 5.74) is 3.34. The molecule has 0 fully saturated rings. The zero-order valence-electron chi connectivity index (χ0n) is 14.7. The van der Waals surface area contributed by atoms with Crippen LogP contribution >= 0.6 is 0 Å². The summed E-state index contributed by atoms with van der Waals surface area (Å²) in [4.78, 5) is 19.2. The Bertz CT molecular complexity index is 1100. The highest BCUT2D eigenvalue weighted by Crippen LogP contribution is 2.28. The largest absolute Gasteiger partial charge is 0.378 e. The number of benzene rings is 3. The highest BCUT2D eigenvalue weighted by Gasteiger charge is 2.10. The second-order valence-electron chi connectivity index (χ2n) is 6.44. The van der Waals surface area contributed by atoms with Crippen LogP contribution in [0.3, 0.4) is 0 Å². The molecule has 0 bridgehead atoms. The van der Waals surface area contributed by atoms with E-state index in [0.29, 0.717) is 5.56 Å². The molecule has 0 saturated carbocycles. The number of carbonyl (C=O) groups is 1. The average molecular weight is 341 g/mol. The van der Waals surface area contributed by atoms with E-state index in [1.165, 1.54) is 0 Å². The summed E-state index contributed by atoms with van der Waals surface area (Å²) in [6.07, 6.45) is 1.74. The molecule has 128 valence electrons. The van der Waals surface area contributed by atoms with Gasteiger partial charge in [-0.05, 0) is 35.7 Å². The van der Waals surface area contributed by atoms with Crippen LogP contribution in [-0.2, 0) is 0 Å². The van der Waals surface area contributed by atoms with E-state index in [1.54, 1.807) is 6.20 Å². The van der Waals surface area contributed by atoms with Gasteiger partial charge in [0, 0.05) is 42.3 Å². The second kappa shape index (κ2) is 6.48. The first-order valence-corrected chi connectivity index (χ1v) is 8.49. The molecule has 26 heavy (non-hydrogen) atoms. The summed E-state index contributed by atoms with van der Waals surface area (Å²) >= 11 is 0. The number of anilines is 2. The van der Waals surface area contributed by atoms with Crippen molar-refractivity contribution in [1.82, 2.24) is 4.98 Å². The van der Waals surface area contributed by atoms with Gasteiger partial charge in [0.15, 0.2) is 0 Å². The van der Waals surface area contributed by atoms with Crippen molar-refractivity contribution in [2.45, 2.75) is 0 Å². The Morgan fingerprint density at radius 3 is 2.42 bits per heavy atom. The van der Waals surface area contributed by atoms with Gasteiger partial charge in [-0.25, -0.2) is 0 Å². The Labute approximate surface area is 152 Å². The molecule has 0 saturated heterocycles. The lowest BCUT2D eigenvalue weighted by atomic mass is 10.1. The monoisotopic (exact) mass is 341 g/mol. The lowest BCUT2D eigenvalue weighted by molar-refractivity contribution is 0.102. The van der Waals surface area contributed by atoms with Crippen LogP contribution in [0.15, 0.2) is 72.9 Å². The molecule has 0 spiro atoms. The predicted molar refractivity (Wildman–Crippen MR) is 108 cm³/mol. The summed E-state index contributed by atoms with van der Waals surface area (Å²) in [5, 5.41) is 6.17. The molecule has 1 heterocycles. The zero-order valence-corrected chi connectivity index (χ0v) is 14.7. The molecule has 1 N–H and O–H groups in total. The number of carbonyl (C=O) groups excluding carboxylic acids is 1. The van der Waals surface area contributed by atoms with Crippen molar-refractivity contribution in [3.8, 4) is 0 Å². The molecule has 0 aliphatic rings. The normalized spacial score (nSPS) is 10.8. The standard InChI is InChI=1S/C22H19N3O/c1-25(2)17-10-7-16(8-11-17)22(26)24-20-13-14-23-21-18-6-4-3-5-15(18)9-12-19(20)21/h3-14H,1-2H3,(H,23,24,26). The van der Waals surface area contributed by atoms with Crippen LogP contribution in [0.1, 0.15) is 10.4 Å². The molecule has 3 aromatic carbocycles. The first-order valence-electron chi connectivity index (χ1n) is 8.49. The van der Waals surface area contributed by atoms with Crippen molar-refractivity contribution in [3.63, 3.8) is 0 Å². The highest BCUT2D eigenvalue weighted by atomic mass is 16.1. The van der Waals surface area contributed by atoms with Gasteiger partial charge in [0.05, 0.1) is 11.2 Å². The molecule has 1 aromatic heterocycles. The minimum absolute atomic E-state index is 0.129. The molecule has 4 nitrogen and oxygen atoms in total. The summed E-state index contributed by atoms with van der Waals surface area (Å²) in [6, 6.07) is 21.6. The number of amides is 1. The van der Waals surface area contributed by atoms with E-state index in [1.807, 2.05) is 67.5 Å². The number of aromatic nitrogens is 1. The Morgan fingerprint density at radius 1 is 0.885 bits per heavy atom. The SMILES string of the molecule is CN(C)c1ccc(C(=O)Nc2ccnc3c2ccc2ccccc23)cc1. The van der Waals surface area contributed by atoms with Gasteiger partial charge in [-0.2, -0.15) is 0 Å². The minimum Gasteiger partial charge on any atom is -0.378 e. The molecular weight excluding hydrogens is 322 g/mol. The predicted octanol–water partition coefficient (Wildman–Crippen LogP) is 4.71. The van der Waals surface area contributed by atoms with Crippen molar-refractivity contribution < 1.29 is 4.79 Å². The fourth-order valence-corrected chi connectivity index (χ4v) is 3.10. The molecular formula is C22H19N3O. The summed E-state index contributed by atoms with van der Waals surface area (Å²) in [5.74, 6) is -0.129. The van der Waals surface area contributed by atoms with Gasteiger partial charge >= 0.3 is 0 Å². The van der Waals surface area contributed by atoms with Gasteiger partial charge in [0.25, 0.3) is 5.91 Å². The zero-order chi connectivity index (χ0) is 18.1. The number of fused-ring (bicyclic) bond motifs is 3. The summed E-state index contributed by atoms with van der Waals surface area (Å²) in [6.45, 7) is 0. The first-order chi connectivity index (χ1) is 12.6. The number of hydrogen-bond acceptors (Lipinski definition) is 3. The van der Waals surface area contributed by atoms with Gasteiger partial charge < -0.3 is 10.2 Å². The molecule has 4 rings (SSSR count). The van der Waals surface area contributed by atoms with Gasteiger partial charge in [0.1, 0.15) is 0 Å². The third kappa shape index (κ3) is 2.86. The van der Waals surface area contributed by atoms with Crippen molar-refractivity contribution in [2.75, 3.05) is 24.3 Å². The van der Waals surface area contributed by atoms with Crippen LogP contribution < -0.4 is 10.2 Å². The summed E-state index contributed by atoms with van der Waals surface area (Å²) in [7, 11) is 3.95. The van der Waals surface area contributed by atoms with Crippen LogP contribution in [0.5, 0.6) is 0 Å². The van der Waals surface area contributed by atoms with E-state index in [4.69, 9.17) is 0 Å². The highest BCUT2D eigenvalue weighted by molar-refractivity contribution is 6.13. The lowest BCUT2D eigenvalue weighted by Crippen LogP contribution is -2.13. The van der Waals surface area contributed by atoms with Crippen molar-refractivity contribution >= 4 is 39.0 Å². The van der Waals surface area contributed by atoms with Crippen LogP contribution in [0.4, 0.5) is 11.4 Å².